The molecule has 0 saturated carbocycles. The zero-order chi connectivity index (χ0) is 23.9. The molecule has 4 rings (SSSR count). The summed E-state index contributed by atoms with van der Waals surface area (Å²) in [7, 11) is 3.17. The van der Waals surface area contributed by atoms with Gasteiger partial charge in [0.15, 0.2) is 11.5 Å². The van der Waals surface area contributed by atoms with Crippen molar-refractivity contribution in [3.8, 4) is 11.5 Å². The van der Waals surface area contributed by atoms with Crippen molar-refractivity contribution < 1.29 is 19.1 Å². The molecule has 1 unspecified atom stereocenters. The summed E-state index contributed by atoms with van der Waals surface area (Å²) in [5.74, 6) is 1.75. The van der Waals surface area contributed by atoms with Gasteiger partial charge in [-0.3, -0.25) is 9.59 Å². The smallest absolute Gasteiger partial charge is 0.251 e. The van der Waals surface area contributed by atoms with Gasteiger partial charge in [-0.05, 0) is 47.4 Å². The van der Waals surface area contributed by atoms with E-state index in [1.807, 2.05) is 65.6 Å². The number of nitrogens with zero attached hydrogens (tertiary/aromatic N) is 1. The molecule has 176 valence electrons. The number of hydrogen-bond acceptors (Lipinski definition) is 5. The Kier molecular flexibility index (Phi) is 7.75. The molecule has 1 N–H and O–H groups in total. The van der Waals surface area contributed by atoms with Crippen LogP contribution in [0.25, 0.3) is 0 Å². The van der Waals surface area contributed by atoms with Gasteiger partial charge in [0.25, 0.3) is 5.91 Å². The molecule has 6 nitrogen and oxygen atoms in total. The van der Waals surface area contributed by atoms with Crippen molar-refractivity contribution in [1.29, 1.82) is 0 Å². The highest BCUT2D eigenvalue weighted by Gasteiger charge is 2.32. The second kappa shape index (κ2) is 11.1. The average Bonchev–Trinajstić information content (AvgIpc) is 3.26. The zero-order valence-corrected chi connectivity index (χ0v) is 20.1. The van der Waals surface area contributed by atoms with E-state index >= 15 is 0 Å². The van der Waals surface area contributed by atoms with Crippen LogP contribution in [-0.2, 0) is 17.8 Å². The van der Waals surface area contributed by atoms with Gasteiger partial charge in [-0.25, -0.2) is 0 Å². The van der Waals surface area contributed by atoms with Crippen LogP contribution < -0.4 is 14.8 Å². The number of rotatable bonds is 9. The van der Waals surface area contributed by atoms with Crippen molar-refractivity contribution in [2.45, 2.75) is 18.3 Å². The van der Waals surface area contributed by atoms with E-state index in [0.717, 1.165) is 17.5 Å². The third-order valence-corrected chi connectivity index (χ3v) is 7.07. The molecule has 7 heteroatoms. The Morgan fingerprint density at radius 3 is 2.41 bits per heavy atom. The van der Waals surface area contributed by atoms with Crippen molar-refractivity contribution in [3.63, 3.8) is 0 Å². The number of amides is 2. The molecule has 1 aliphatic rings. The fraction of sp³-hybridized carbons (Fsp3) is 0.259. The zero-order valence-electron chi connectivity index (χ0n) is 19.3. The molecule has 1 saturated heterocycles. The van der Waals surface area contributed by atoms with Gasteiger partial charge in [0.1, 0.15) is 5.37 Å². The Morgan fingerprint density at radius 1 is 0.971 bits per heavy atom. The number of ether oxygens (including phenoxy) is 2. The molecule has 0 radical (unpaired) electrons. The van der Waals surface area contributed by atoms with Crippen LogP contribution >= 0.6 is 11.8 Å². The summed E-state index contributed by atoms with van der Waals surface area (Å²) in [5.41, 5.74) is 3.74. The third kappa shape index (κ3) is 5.54. The summed E-state index contributed by atoms with van der Waals surface area (Å²) in [4.78, 5) is 27.1. The molecule has 3 aromatic rings. The fourth-order valence-electron chi connectivity index (χ4n) is 3.94. The van der Waals surface area contributed by atoms with E-state index in [0.29, 0.717) is 35.9 Å². The Balaban J connectivity index is 1.37. The SMILES string of the molecule is COc1ccc(CNC(=O)c2ccc(C3SCC(=O)N3CCc3ccccc3)cc2)cc1OC. The molecule has 34 heavy (non-hydrogen) atoms. The molecule has 0 spiro atoms. The monoisotopic (exact) mass is 476 g/mol. The van der Waals surface area contributed by atoms with E-state index in [1.54, 1.807) is 26.0 Å². The Bertz CT molecular complexity index is 1140. The topological polar surface area (TPSA) is 67.9 Å². The highest BCUT2D eigenvalue weighted by atomic mass is 32.2. The quantitative estimate of drug-likeness (QED) is 0.494. The normalized spacial score (nSPS) is 15.3. The molecule has 1 atom stereocenters. The standard InChI is InChI=1S/C27H28N2O4S/c1-32-23-13-8-20(16-24(23)33-2)17-28-26(31)21-9-11-22(12-10-21)27-29(25(30)18-34-27)15-14-19-6-4-3-5-7-19/h3-13,16,27H,14-15,17-18H2,1-2H3,(H,28,31). The van der Waals surface area contributed by atoms with Crippen molar-refractivity contribution in [1.82, 2.24) is 10.2 Å². The number of carbonyl (C=O) groups is 2. The van der Waals surface area contributed by atoms with E-state index in [-0.39, 0.29) is 17.2 Å². The van der Waals surface area contributed by atoms with Gasteiger partial charge in [0.05, 0.1) is 20.0 Å². The number of hydrogen-bond donors (Lipinski definition) is 1. The lowest BCUT2D eigenvalue weighted by Gasteiger charge is -2.24. The summed E-state index contributed by atoms with van der Waals surface area (Å²) in [6.07, 6.45) is 0.820. The average molecular weight is 477 g/mol. The Hall–Kier alpha value is -3.45. The van der Waals surface area contributed by atoms with Crippen LogP contribution in [0, 0.1) is 0 Å². The van der Waals surface area contributed by atoms with Crippen LogP contribution in [0.3, 0.4) is 0 Å². The first-order valence-corrected chi connectivity index (χ1v) is 12.2. The summed E-state index contributed by atoms with van der Waals surface area (Å²) in [6, 6.07) is 23.3. The summed E-state index contributed by atoms with van der Waals surface area (Å²) < 4.78 is 10.6. The van der Waals surface area contributed by atoms with Crippen molar-refractivity contribution >= 4 is 23.6 Å². The maximum absolute atomic E-state index is 12.7. The van der Waals surface area contributed by atoms with Crippen molar-refractivity contribution in [2.24, 2.45) is 0 Å². The van der Waals surface area contributed by atoms with Gasteiger partial charge in [0.2, 0.25) is 5.91 Å². The molecule has 0 aromatic heterocycles. The summed E-state index contributed by atoms with van der Waals surface area (Å²) in [5, 5.41) is 2.91. The van der Waals surface area contributed by atoms with Crippen LogP contribution in [-0.4, -0.2) is 43.2 Å². The molecule has 3 aromatic carbocycles. The molecule has 1 heterocycles. The van der Waals surface area contributed by atoms with Gasteiger partial charge in [-0.1, -0.05) is 48.5 Å². The highest BCUT2D eigenvalue weighted by Crippen LogP contribution is 2.38. The highest BCUT2D eigenvalue weighted by molar-refractivity contribution is 8.00. The van der Waals surface area contributed by atoms with E-state index in [4.69, 9.17) is 9.47 Å². The van der Waals surface area contributed by atoms with Crippen molar-refractivity contribution in [3.05, 3.63) is 95.1 Å². The summed E-state index contributed by atoms with van der Waals surface area (Å²) in [6.45, 7) is 1.05. The molecule has 2 amide bonds. The van der Waals surface area contributed by atoms with Crippen LogP contribution in [0.2, 0.25) is 0 Å². The predicted molar refractivity (Wildman–Crippen MR) is 134 cm³/mol. The lowest BCUT2D eigenvalue weighted by molar-refractivity contribution is -0.128. The van der Waals surface area contributed by atoms with Gasteiger partial charge < -0.3 is 19.7 Å². The van der Waals surface area contributed by atoms with Crippen LogP contribution in [0.5, 0.6) is 11.5 Å². The molecular formula is C27H28N2O4S. The molecule has 1 fully saturated rings. The van der Waals surface area contributed by atoms with Crippen LogP contribution in [0.4, 0.5) is 0 Å². The van der Waals surface area contributed by atoms with E-state index < -0.39 is 0 Å². The largest absolute Gasteiger partial charge is 0.493 e. The Morgan fingerprint density at radius 2 is 1.71 bits per heavy atom. The first kappa shape index (κ1) is 23.7. The summed E-state index contributed by atoms with van der Waals surface area (Å²) >= 11 is 1.63. The lowest BCUT2D eigenvalue weighted by atomic mass is 10.1. The predicted octanol–water partition coefficient (Wildman–Crippen LogP) is 4.45. The maximum atomic E-state index is 12.7. The fourth-order valence-corrected chi connectivity index (χ4v) is 5.16. The van der Waals surface area contributed by atoms with Gasteiger partial charge >= 0.3 is 0 Å². The minimum absolute atomic E-state index is 0.0277. The molecule has 1 aliphatic heterocycles. The number of benzene rings is 3. The number of thioether (sulfide) groups is 1. The molecular weight excluding hydrogens is 448 g/mol. The first-order chi connectivity index (χ1) is 16.6. The van der Waals surface area contributed by atoms with Crippen molar-refractivity contribution in [2.75, 3.05) is 26.5 Å². The first-order valence-electron chi connectivity index (χ1n) is 11.1. The maximum Gasteiger partial charge on any atom is 0.251 e. The van der Waals surface area contributed by atoms with Gasteiger partial charge in [-0.15, -0.1) is 11.8 Å². The molecule has 0 bridgehead atoms. The minimum atomic E-state index is -0.155. The number of nitrogens with one attached hydrogen (secondary N) is 1. The number of carbonyl (C=O) groups excluding carboxylic acids is 2. The lowest BCUT2D eigenvalue weighted by Crippen LogP contribution is -2.30. The Labute approximate surface area is 204 Å². The minimum Gasteiger partial charge on any atom is -0.493 e. The molecule has 0 aliphatic carbocycles. The van der Waals surface area contributed by atoms with Crippen LogP contribution in [0.15, 0.2) is 72.8 Å². The van der Waals surface area contributed by atoms with Gasteiger partial charge in [0, 0.05) is 18.7 Å². The second-order valence-electron chi connectivity index (χ2n) is 7.98. The number of methoxy groups -OCH3 is 2. The van der Waals surface area contributed by atoms with E-state index in [1.165, 1.54) is 5.56 Å². The second-order valence-corrected chi connectivity index (χ2v) is 9.05. The van der Waals surface area contributed by atoms with E-state index in [9.17, 15) is 9.59 Å². The van der Waals surface area contributed by atoms with E-state index in [2.05, 4.69) is 17.4 Å². The third-order valence-electron chi connectivity index (χ3n) is 5.81. The van der Waals surface area contributed by atoms with Gasteiger partial charge in [-0.2, -0.15) is 0 Å². The van der Waals surface area contributed by atoms with Crippen LogP contribution in [0.1, 0.15) is 32.4 Å².